The van der Waals surface area contributed by atoms with Crippen LogP contribution in [0.25, 0.3) is 0 Å². The van der Waals surface area contributed by atoms with E-state index in [4.69, 9.17) is 4.74 Å². The molecule has 0 amide bonds. The molecule has 2 rings (SSSR count). The molecule has 1 heterocycles. The predicted molar refractivity (Wildman–Crippen MR) is 80.6 cm³/mol. The molecule has 2 aliphatic rings. The number of hydrogen-bond donors (Lipinski definition) is 2. The summed E-state index contributed by atoms with van der Waals surface area (Å²) in [6.07, 6.45) is 3.80. The Morgan fingerprint density at radius 3 is 2.64 bits per heavy atom. The quantitative estimate of drug-likeness (QED) is 0.825. The SMILES string of the molecule is CC1=CC2=CC(=O)[C@](C)(O)[C@@H](CC(=O)[C@@H](C)[C@H](C)O)C2=CO1. The lowest BCUT2D eigenvalue weighted by Crippen LogP contribution is -2.47. The van der Waals surface area contributed by atoms with Gasteiger partial charge in [-0.2, -0.15) is 0 Å². The number of aliphatic hydroxyl groups is 2. The van der Waals surface area contributed by atoms with E-state index in [9.17, 15) is 19.8 Å². The maximum atomic E-state index is 12.3. The van der Waals surface area contributed by atoms with Gasteiger partial charge in [0.1, 0.15) is 17.1 Å². The molecule has 2 N–H and O–H groups in total. The number of hydrogen-bond acceptors (Lipinski definition) is 5. The average Bonchev–Trinajstić information content (AvgIpc) is 2.42. The summed E-state index contributed by atoms with van der Waals surface area (Å²) in [6.45, 7) is 6.37. The summed E-state index contributed by atoms with van der Waals surface area (Å²) < 4.78 is 5.37. The van der Waals surface area contributed by atoms with Gasteiger partial charge in [-0.05, 0) is 38.5 Å². The van der Waals surface area contributed by atoms with Crippen molar-refractivity contribution in [3.63, 3.8) is 0 Å². The Balaban J connectivity index is 2.35. The van der Waals surface area contributed by atoms with E-state index in [0.717, 1.165) is 0 Å². The van der Waals surface area contributed by atoms with Gasteiger partial charge in [0.15, 0.2) is 5.78 Å². The molecule has 0 spiro atoms. The van der Waals surface area contributed by atoms with Gasteiger partial charge in [-0.3, -0.25) is 9.59 Å². The molecule has 22 heavy (non-hydrogen) atoms. The van der Waals surface area contributed by atoms with Crippen LogP contribution < -0.4 is 0 Å². The molecule has 0 saturated heterocycles. The Hall–Kier alpha value is -1.72. The van der Waals surface area contributed by atoms with Crippen molar-refractivity contribution >= 4 is 11.6 Å². The molecule has 0 radical (unpaired) electrons. The van der Waals surface area contributed by atoms with Crippen LogP contribution in [0.3, 0.4) is 0 Å². The highest BCUT2D eigenvalue weighted by atomic mass is 16.5. The molecule has 0 aromatic rings. The molecule has 0 aromatic heterocycles. The second-order valence-corrected chi connectivity index (χ2v) is 6.31. The van der Waals surface area contributed by atoms with Crippen LogP contribution in [-0.2, 0) is 14.3 Å². The van der Waals surface area contributed by atoms with Gasteiger partial charge in [0, 0.05) is 23.8 Å². The van der Waals surface area contributed by atoms with Crippen LogP contribution in [0.15, 0.2) is 35.3 Å². The summed E-state index contributed by atoms with van der Waals surface area (Å²) in [5.41, 5.74) is -0.351. The van der Waals surface area contributed by atoms with E-state index in [0.29, 0.717) is 16.9 Å². The summed E-state index contributed by atoms with van der Waals surface area (Å²) in [5.74, 6) is -1.21. The van der Waals surface area contributed by atoms with E-state index in [-0.39, 0.29) is 12.2 Å². The maximum Gasteiger partial charge on any atom is 0.188 e. The van der Waals surface area contributed by atoms with Gasteiger partial charge >= 0.3 is 0 Å². The number of carbonyl (C=O) groups is 2. The first kappa shape index (κ1) is 16.6. The zero-order valence-electron chi connectivity index (χ0n) is 13.3. The summed E-state index contributed by atoms with van der Waals surface area (Å²) in [4.78, 5) is 24.5. The van der Waals surface area contributed by atoms with E-state index in [2.05, 4.69) is 0 Å². The summed E-state index contributed by atoms with van der Waals surface area (Å²) in [7, 11) is 0. The fourth-order valence-corrected chi connectivity index (χ4v) is 2.70. The van der Waals surface area contributed by atoms with Crippen LogP contribution >= 0.6 is 0 Å². The second-order valence-electron chi connectivity index (χ2n) is 6.31. The standard InChI is InChI=1S/C17H22O5/c1-9-5-12-6-16(20)17(4,21)14(13(12)8-22-9)7-15(19)10(2)11(3)18/h5-6,8,10-11,14,18,21H,7H2,1-4H3/t10-,11-,14-,17+/m0/s1. The largest absolute Gasteiger partial charge is 0.469 e. The van der Waals surface area contributed by atoms with Crippen LogP contribution in [0.2, 0.25) is 0 Å². The van der Waals surface area contributed by atoms with E-state index in [1.54, 1.807) is 26.8 Å². The molecule has 0 aromatic carbocycles. The number of allylic oxidation sites excluding steroid dienone is 3. The zero-order chi connectivity index (χ0) is 16.7. The summed E-state index contributed by atoms with van der Waals surface area (Å²) in [6, 6.07) is 0. The number of carbonyl (C=O) groups excluding carboxylic acids is 2. The normalized spacial score (nSPS) is 30.4. The van der Waals surface area contributed by atoms with Crippen molar-refractivity contribution in [2.24, 2.45) is 11.8 Å². The topological polar surface area (TPSA) is 83.8 Å². The second kappa shape index (κ2) is 5.82. The molecular weight excluding hydrogens is 284 g/mol. The van der Waals surface area contributed by atoms with Crippen molar-refractivity contribution < 1.29 is 24.5 Å². The molecule has 4 atom stereocenters. The van der Waals surface area contributed by atoms with Crippen LogP contribution in [0.5, 0.6) is 0 Å². The van der Waals surface area contributed by atoms with E-state index < -0.39 is 29.3 Å². The lowest BCUT2D eigenvalue weighted by molar-refractivity contribution is -0.138. The fraction of sp³-hybridized carbons (Fsp3) is 0.529. The fourth-order valence-electron chi connectivity index (χ4n) is 2.70. The lowest BCUT2D eigenvalue weighted by atomic mass is 9.69. The third kappa shape index (κ3) is 2.91. The molecule has 5 nitrogen and oxygen atoms in total. The van der Waals surface area contributed by atoms with Crippen LogP contribution in [-0.4, -0.2) is 33.5 Å². The lowest BCUT2D eigenvalue weighted by Gasteiger charge is -2.37. The average molecular weight is 306 g/mol. The van der Waals surface area contributed by atoms with Crippen molar-refractivity contribution in [2.75, 3.05) is 0 Å². The van der Waals surface area contributed by atoms with Gasteiger partial charge in [0.2, 0.25) is 0 Å². The van der Waals surface area contributed by atoms with Crippen LogP contribution in [0, 0.1) is 11.8 Å². The van der Waals surface area contributed by atoms with Gasteiger partial charge < -0.3 is 14.9 Å². The minimum absolute atomic E-state index is 0.0236. The molecule has 5 heteroatoms. The smallest absolute Gasteiger partial charge is 0.188 e. The van der Waals surface area contributed by atoms with Crippen molar-refractivity contribution in [3.8, 4) is 0 Å². The van der Waals surface area contributed by atoms with Crippen molar-refractivity contribution in [2.45, 2.75) is 45.8 Å². The van der Waals surface area contributed by atoms with Crippen LogP contribution in [0.4, 0.5) is 0 Å². The first-order valence-electron chi connectivity index (χ1n) is 7.39. The highest BCUT2D eigenvalue weighted by Crippen LogP contribution is 2.41. The van der Waals surface area contributed by atoms with Gasteiger partial charge in [-0.1, -0.05) is 6.92 Å². The van der Waals surface area contributed by atoms with Crippen molar-refractivity contribution in [1.82, 2.24) is 0 Å². The van der Waals surface area contributed by atoms with Gasteiger partial charge in [-0.15, -0.1) is 0 Å². The number of fused-ring (bicyclic) bond motifs is 1. The Kier molecular flexibility index (Phi) is 4.40. The van der Waals surface area contributed by atoms with Crippen LogP contribution in [0.1, 0.15) is 34.1 Å². The van der Waals surface area contributed by atoms with Gasteiger partial charge in [0.05, 0.1) is 12.4 Å². The molecule has 0 bridgehead atoms. The molecule has 0 saturated carbocycles. The Labute approximate surface area is 130 Å². The van der Waals surface area contributed by atoms with Crippen molar-refractivity contribution in [1.29, 1.82) is 0 Å². The molecule has 1 aliphatic carbocycles. The number of aliphatic hydroxyl groups excluding tert-OH is 1. The summed E-state index contributed by atoms with van der Waals surface area (Å²) >= 11 is 0. The number of rotatable bonds is 4. The minimum Gasteiger partial charge on any atom is -0.469 e. The van der Waals surface area contributed by atoms with E-state index in [1.165, 1.54) is 19.3 Å². The third-order valence-corrected chi connectivity index (χ3v) is 4.54. The Bertz CT molecular complexity index is 592. The minimum atomic E-state index is -1.66. The number of ether oxygens (including phenoxy) is 1. The first-order valence-corrected chi connectivity index (χ1v) is 7.39. The monoisotopic (exact) mass is 306 g/mol. The molecular formula is C17H22O5. The Morgan fingerprint density at radius 2 is 2.05 bits per heavy atom. The third-order valence-electron chi connectivity index (χ3n) is 4.54. The van der Waals surface area contributed by atoms with E-state index in [1.807, 2.05) is 0 Å². The summed E-state index contributed by atoms with van der Waals surface area (Å²) in [5, 5.41) is 20.1. The predicted octanol–water partition coefficient (Wildman–Crippen LogP) is 1.66. The highest BCUT2D eigenvalue weighted by Gasteiger charge is 2.46. The number of Topliss-reactive ketones (excluding diaryl/α,β-unsaturated/α-hetero) is 1. The molecule has 0 unspecified atom stereocenters. The molecule has 1 aliphatic heterocycles. The zero-order valence-corrected chi connectivity index (χ0v) is 13.3. The Morgan fingerprint density at radius 1 is 1.41 bits per heavy atom. The first-order chi connectivity index (χ1) is 10.1. The molecule has 0 fully saturated rings. The highest BCUT2D eigenvalue weighted by molar-refractivity contribution is 6.01. The number of ketones is 2. The van der Waals surface area contributed by atoms with Crippen molar-refractivity contribution in [3.05, 3.63) is 35.3 Å². The van der Waals surface area contributed by atoms with Gasteiger partial charge in [0.25, 0.3) is 0 Å². The van der Waals surface area contributed by atoms with E-state index >= 15 is 0 Å². The maximum absolute atomic E-state index is 12.3. The molecule has 120 valence electrons. The van der Waals surface area contributed by atoms with Gasteiger partial charge in [-0.25, -0.2) is 0 Å².